The van der Waals surface area contributed by atoms with Gasteiger partial charge in [0.2, 0.25) is 0 Å². The van der Waals surface area contributed by atoms with Crippen LogP contribution in [0.15, 0.2) is 163 Å². The minimum Gasteiger partial charge on any atom is -0.268 e. The zero-order valence-corrected chi connectivity index (χ0v) is 25.8. The standard InChI is InChI=1S/C45H26N2O/c48-44-35-19-5-4-15-30(35)36-25-28(26-40-42(36)47(44)43(46-40)27-13-2-1-3-14-27)29-20-12-21-34-33-18-8-11-24-39(33)45(41(29)34)37-22-9-6-16-31(37)32-17-7-10-23-38(32)45/h1-26H. The van der Waals surface area contributed by atoms with E-state index < -0.39 is 5.41 Å². The molecule has 0 fully saturated rings. The second-order valence-corrected chi connectivity index (χ2v) is 13.0. The first kappa shape index (κ1) is 25.8. The van der Waals surface area contributed by atoms with Crippen LogP contribution in [0.5, 0.6) is 0 Å². The molecule has 0 bridgehead atoms. The molecule has 0 N–H and O–H groups in total. The highest BCUT2D eigenvalue weighted by Gasteiger charge is 2.52. The van der Waals surface area contributed by atoms with Gasteiger partial charge in [0.25, 0.3) is 5.56 Å². The Morgan fingerprint density at radius 3 is 1.69 bits per heavy atom. The molecule has 7 aromatic carbocycles. The molecule has 9 aromatic rings. The minimum absolute atomic E-state index is 0.0404. The average Bonchev–Trinajstić information content (AvgIpc) is 3.79. The molecular formula is C45H26N2O. The Balaban J connectivity index is 1.30. The van der Waals surface area contributed by atoms with E-state index in [1.165, 1.54) is 50.1 Å². The van der Waals surface area contributed by atoms with Gasteiger partial charge in [0.05, 0.1) is 16.4 Å². The number of rotatable bonds is 2. The Morgan fingerprint density at radius 1 is 0.458 bits per heavy atom. The molecule has 222 valence electrons. The van der Waals surface area contributed by atoms with Crippen LogP contribution in [0.25, 0.3) is 72.0 Å². The predicted octanol–water partition coefficient (Wildman–Crippen LogP) is 10.1. The lowest BCUT2D eigenvalue weighted by Crippen LogP contribution is -2.26. The number of pyridine rings is 1. The highest BCUT2D eigenvalue weighted by atomic mass is 16.1. The first-order valence-electron chi connectivity index (χ1n) is 16.4. The molecule has 0 atom stereocenters. The van der Waals surface area contributed by atoms with E-state index in [-0.39, 0.29) is 5.56 Å². The molecule has 2 aliphatic rings. The van der Waals surface area contributed by atoms with Crippen LogP contribution in [0.4, 0.5) is 0 Å². The molecule has 3 nitrogen and oxygen atoms in total. The summed E-state index contributed by atoms with van der Waals surface area (Å²) in [5.74, 6) is 0.671. The van der Waals surface area contributed by atoms with Crippen molar-refractivity contribution in [2.75, 3.05) is 0 Å². The topological polar surface area (TPSA) is 34.4 Å². The maximum Gasteiger partial charge on any atom is 0.264 e. The van der Waals surface area contributed by atoms with Gasteiger partial charge in [-0.25, -0.2) is 4.98 Å². The summed E-state index contributed by atoms with van der Waals surface area (Å²) in [5, 5.41) is 2.67. The number of hydrogen-bond donors (Lipinski definition) is 0. The van der Waals surface area contributed by atoms with Gasteiger partial charge in [-0.3, -0.25) is 9.20 Å². The van der Waals surface area contributed by atoms with Gasteiger partial charge < -0.3 is 0 Å². The van der Waals surface area contributed by atoms with E-state index in [1.54, 1.807) is 0 Å². The summed E-state index contributed by atoms with van der Waals surface area (Å²) in [7, 11) is 0. The Bertz CT molecular complexity index is 2800. The van der Waals surface area contributed by atoms with Crippen LogP contribution in [0.1, 0.15) is 22.3 Å². The average molecular weight is 611 g/mol. The minimum atomic E-state index is -0.468. The maximum atomic E-state index is 14.1. The van der Waals surface area contributed by atoms with Crippen molar-refractivity contribution in [3.05, 3.63) is 190 Å². The SMILES string of the molecule is O=c1c2ccccc2c2cc(-c3cccc4c3C3(c5ccccc5-c5ccccc53)c3ccccc3-4)cc3nc(-c4ccccc4)n1c32. The fourth-order valence-corrected chi connectivity index (χ4v) is 8.97. The van der Waals surface area contributed by atoms with Crippen LogP contribution in [0, 0.1) is 0 Å². The van der Waals surface area contributed by atoms with Crippen LogP contribution >= 0.6 is 0 Å². The highest BCUT2D eigenvalue weighted by Crippen LogP contribution is 2.64. The lowest BCUT2D eigenvalue weighted by atomic mass is 9.68. The number of hydrogen-bond acceptors (Lipinski definition) is 2. The van der Waals surface area contributed by atoms with Crippen LogP contribution in [-0.2, 0) is 5.41 Å². The van der Waals surface area contributed by atoms with Crippen molar-refractivity contribution in [2.24, 2.45) is 0 Å². The summed E-state index contributed by atoms with van der Waals surface area (Å²) < 4.78 is 1.82. The largest absolute Gasteiger partial charge is 0.268 e. The summed E-state index contributed by atoms with van der Waals surface area (Å²) >= 11 is 0. The molecule has 0 aliphatic heterocycles. The second kappa shape index (κ2) is 9.15. The van der Waals surface area contributed by atoms with Gasteiger partial charge in [0, 0.05) is 16.3 Å². The van der Waals surface area contributed by atoms with Gasteiger partial charge in [0.1, 0.15) is 5.82 Å². The van der Waals surface area contributed by atoms with Gasteiger partial charge >= 0.3 is 0 Å². The van der Waals surface area contributed by atoms with Crippen molar-refractivity contribution in [1.82, 2.24) is 9.38 Å². The molecule has 0 radical (unpaired) electrons. The third-order valence-electron chi connectivity index (χ3n) is 10.8. The fourth-order valence-electron chi connectivity index (χ4n) is 8.97. The van der Waals surface area contributed by atoms with Gasteiger partial charge in [-0.1, -0.05) is 140 Å². The normalized spacial score (nSPS) is 13.7. The molecule has 0 saturated carbocycles. The summed E-state index contributed by atoms with van der Waals surface area (Å²) in [6, 6.07) is 56.0. The zero-order valence-electron chi connectivity index (χ0n) is 25.8. The molecule has 11 rings (SSSR count). The monoisotopic (exact) mass is 610 g/mol. The van der Waals surface area contributed by atoms with Gasteiger partial charge in [-0.15, -0.1) is 0 Å². The number of imidazole rings is 1. The Morgan fingerprint density at radius 2 is 1.00 bits per heavy atom. The van der Waals surface area contributed by atoms with Gasteiger partial charge in [-0.05, 0) is 79.2 Å². The molecule has 2 heterocycles. The molecule has 48 heavy (non-hydrogen) atoms. The molecule has 2 aromatic heterocycles. The third-order valence-corrected chi connectivity index (χ3v) is 10.8. The van der Waals surface area contributed by atoms with E-state index in [2.05, 4.69) is 109 Å². The first-order valence-corrected chi connectivity index (χ1v) is 16.4. The summed E-state index contributed by atoms with van der Waals surface area (Å²) in [6.07, 6.45) is 0. The molecule has 3 heteroatoms. The van der Waals surface area contributed by atoms with Crippen molar-refractivity contribution in [2.45, 2.75) is 5.41 Å². The quantitative estimate of drug-likeness (QED) is 0.183. The number of aromatic nitrogens is 2. The molecule has 0 amide bonds. The van der Waals surface area contributed by atoms with E-state index in [4.69, 9.17) is 4.98 Å². The number of benzene rings is 7. The molecule has 0 unspecified atom stereocenters. The lowest BCUT2D eigenvalue weighted by molar-refractivity contribution is 0.796. The van der Waals surface area contributed by atoms with Crippen LogP contribution in [0.2, 0.25) is 0 Å². The van der Waals surface area contributed by atoms with E-state index in [0.29, 0.717) is 11.2 Å². The number of fused-ring (bicyclic) bond motifs is 12. The van der Waals surface area contributed by atoms with E-state index in [1.807, 2.05) is 52.9 Å². The third kappa shape index (κ3) is 3.04. The van der Waals surface area contributed by atoms with Gasteiger partial charge in [-0.2, -0.15) is 0 Å². The van der Waals surface area contributed by atoms with Crippen molar-refractivity contribution >= 4 is 27.2 Å². The fraction of sp³-hybridized carbons (Fsp3) is 0.0222. The van der Waals surface area contributed by atoms with E-state index in [0.717, 1.165) is 32.9 Å². The highest BCUT2D eigenvalue weighted by molar-refractivity contribution is 6.13. The van der Waals surface area contributed by atoms with E-state index >= 15 is 0 Å². The van der Waals surface area contributed by atoms with Crippen molar-refractivity contribution in [3.8, 4) is 44.8 Å². The Hall–Kier alpha value is -6.32. The summed E-state index contributed by atoms with van der Waals surface area (Å²) in [6.45, 7) is 0. The summed E-state index contributed by atoms with van der Waals surface area (Å²) in [4.78, 5) is 19.3. The van der Waals surface area contributed by atoms with Gasteiger partial charge in [0.15, 0.2) is 0 Å². The Labute approximate surface area is 276 Å². The van der Waals surface area contributed by atoms with Crippen molar-refractivity contribution < 1.29 is 0 Å². The smallest absolute Gasteiger partial charge is 0.264 e. The molecular weight excluding hydrogens is 585 g/mol. The number of nitrogens with zero attached hydrogens (tertiary/aromatic N) is 2. The Kier molecular flexibility index (Phi) is 4.92. The van der Waals surface area contributed by atoms with Crippen molar-refractivity contribution in [1.29, 1.82) is 0 Å². The van der Waals surface area contributed by atoms with Crippen LogP contribution in [-0.4, -0.2) is 9.38 Å². The summed E-state index contributed by atoms with van der Waals surface area (Å²) in [5.41, 5.74) is 14.7. The maximum absolute atomic E-state index is 14.1. The van der Waals surface area contributed by atoms with Crippen molar-refractivity contribution in [3.63, 3.8) is 0 Å². The molecule has 2 aliphatic carbocycles. The second-order valence-electron chi connectivity index (χ2n) is 13.0. The lowest BCUT2D eigenvalue weighted by Gasteiger charge is -2.32. The first-order chi connectivity index (χ1) is 23.7. The van der Waals surface area contributed by atoms with E-state index in [9.17, 15) is 4.79 Å². The van der Waals surface area contributed by atoms with Crippen LogP contribution < -0.4 is 5.56 Å². The molecule has 0 saturated heterocycles. The van der Waals surface area contributed by atoms with Crippen LogP contribution in [0.3, 0.4) is 0 Å². The zero-order chi connectivity index (χ0) is 31.6. The predicted molar refractivity (Wildman–Crippen MR) is 195 cm³/mol. The molecule has 1 spiro atoms.